The summed E-state index contributed by atoms with van der Waals surface area (Å²) in [4.78, 5) is 0.0348. The number of hydrogen-bond donors (Lipinski definition) is 0. The summed E-state index contributed by atoms with van der Waals surface area (Å²) in [5.41, 5.74) is 1.84. The minimum absolute atomic E-state index is 0.0348. The lowest BCUT2D eigenvalue weighted by atomic mass is 9.92. The van der Waals surface area contributed by atoms with Crippen molar-refractivity contribution in [3.63, 3.8) is 0 Å². The standard InChI is InChI=1S/C28H44O3S/c1-22(2)15-9-5-7-11-17-24-21-25-18-13-14-20-27(25)28(32(29,30)31)26(24)19-12-8-6-10-16-23(3)4/h13-14,18,20-23H,5-12,15-17,19H2,1-4H3,(H,29,30,31)/p-1. The van der Waals surface area contributed by atoms with E-state index in [1.807, 2.05) is 18.2 Å². The van der Waals surface area contributed by atoms with Crippen molar-refractivity contribution in [1.82, 2.24) is 0 Å². The molecule has 0 bridgehead atoms. The van der Waals surface area contributed by atoms with Crippen LogP contribution in [0.15, 0.2) is 35.2 Å². The van der Waals surface area contributed by atoms with Gasteiger partial charge in [0.1, 0.15) is 10.1 Å². The molecule has 0 atom stereocenters. The van der Waals surface area contributed by atoms with E-state index in [2.05, 4.69) is 33.8 Å². The Labute approximate surface area is 196 Å². The molecule has 0 aromatic heterocycles. The maximum absolute atomic E-state index is 12.4. The van der Waals surface area contributed by atoms with Crippen LogP contribution in [0, 0.1) is 11.8 Å². The summed E-state index contributed by atoms with van der Waals surface area (Å²) < 4.78 is 37.1. The van der Waals surface area contributed by atoms with Crippen molar-refractivity contribution in [2.45, 2.75) is 110 Å². The second-order valence-corrected chi connectivity index (χ2v) is 11.5. The zero-order chi connectivity index (χ0) is 23.6. The molecule has 0 saturated heterocycles. The highest BCUT2D eigenvalue weighted by atomic mass is 32.2. The predicted molar refractivity (Wildman–Crippen MR) is 135 cm³/mol. The second kappa shape index (κ2) is 13.3. The SMILES string of the molecule is CC(C)CCCCCCc1cc2ccccc2c(S(=O)(=O)[O-])c1CCCCCCC(C)C. The van der Waals surface area contributed by atoms with Gasteiger partial charge in [-0.05, 0) is 59.4 Å². The Bertz CT molecular complexity index is 929. The first-order valence-corrected chi connectivity index (χ1v) is 14.1. The molecular weight excluding hydrogens is 416 g/mol. The Morgan fingerprint density at radius 1 is 0.750 bits per heavy atom. The molecule has 0 heterocycles. The number of fused-ring (bicyclic) bond motifs is 1. The van der Waals surface area contributed by atoms with Crippen LogP contribution in [0.1, 0.15) is 103 Å². The first-order valence-electron chi connectivity index (χ1n) is 12.7. The molecule has 0 amide bonds. The highest BCUT2D eigenvalue weighted by molar-refractivity contribution is 7.86. The normalized spacial score (nSPS) is 12.3. The number of unbranched alkanes of at least 4 members (excludes halogenated alkanes) is 6. The van der Waals surface area contributed by atoms with Gasteiger partial charge in [0.2, 0.25) is 0 Å². The van der Waals surface area contributed by atoms with Gasteiger partial charge in [-0.3, -0.25) is 0 Å². The van der Waals surface area contributed by atoms with Gasteiger partial charge in [0, 0.05) is 0 Å². The Kier molecular flexibility index (Phi) is 11.2. The third-order valence-corrected chi connectivity index (χ3v) is 7.35. The maximum atomic E-state index is 12.4. The van der Waals surface area contributed by atoms with Crippen LogP contribution >= 0.6 is 0 Å². The number of hydrogen-bond acceptors (Lipinski definition) is 3. The Balaban J connectivity index is 2.19. The van der Waals surface area contributed by atoms with Gasteiger partial charge in [-0.2, -0.15) is 0 Å². The molecule has 0 radical (unpaired) electrons. The van der Waals surface area contributed by atoms with E-state index in [-0.39, 0.29) is 4.90 Å². The summed E-state index contributed by atoms with van der Waals surface area (Å²) in [7, 11) is -4.54. The van der Waals surface area contributed by atoms with E-state index in [9.17, 15) is 13.0 Å². The molecule has 0 spiro atoms. The second-order valence-electron chi connectivity index (χ2n) is 10.2. The first kappa shape index (κ1) is 26.9. The van der Waals surface area contributed by atoms with Crippen LogP contribution in [-0.2, 0) is 23.0 Å². The largest absolute Gasteiger partial charge is 0.744 e. The minimum Gasteiger partial charge on any atom is -0.744 e. The molecule has 0 aliphatic heterocycles. The summed E-state index contributed by atoms with van der Waals surface area (Å²) in [6.07, 6.45) is 13.0. The molecule has 0 aliphatic rings. The van der Waals surface area contributed by atoms with Crippen molar-refractivity contribution < 1.29 is 13.0 Å². The van der Waals surface area contributed by atoms with Crippen molar-refractivity contribution in [2.24, 2.45) is 11.8 Å². The third kappa shape index (κ3) is 8.86. The summed E-state index contributed by atoms with van der Waals surface area (Å²) in [6.45, 7) is 9.01. The third-order valence-electron chi connectivity index (χ3n) is 6.38. The zero-order valence-electron chi connectivity index (χ0n) is 20.7. The molecule has 2 aromatic carbocycles. The van der Waals surface area contributed by atoms with E-state index in [1.54, 1.807) is 6.07 Å². The van der Waals surface area contributed by atoms with E-state index in [4.69, 9.17) is 0 Å². The zero-order valence-corrected chi connectivity index (χ0v) is 21.5. The average Bonchev–Trinajstić information content (AvgIpc) is 2.71. The molecule has 32 heavy (non-hydrogen) atoms. The lowest BCUT2D eigenvalue weighted by Crippen LogP contribution is -2.09. The molecule has 2 aromatic rings. The van der Waals surface area contributed by atoms with Gasteiger partial charge in [0.15, 0.2) is 0 Å². The van der Waals surface area contributed by atoms with E-state index < -0.39 is 10.1 Å². The Hall–Kier alpha value is -1.39. The molecule has 0 N–H and O–H groups in total. The topological polar surface area (TPSA) is 57.2 Å². The van der Waals surface area contributed by atoms with E-state index in [1.165, 1.54) is 32.1 Å². The fourth-order valence-corrected chi connectivity index (χ4v) is 5.62. The van der Waals surface area contributed by atoms with Gasteiger partial charge in [0.25, 0.3) is 0 Å². The van der Waals surface area contributed by atoms with Crippen LogP contribution in [0.4, 0.5) is 0 Å². The fraction of sp³-hybridized carbons (Fsp3) is 0.643. The van der Waals surface area contributed by atoms with Gasteiger partial charge in [0.05, 0.1) is 4.90 Å². The van der Waals surface area contributed by atoms with Crippen molar-refractivity contribution in [1.29, 1.82) is 0 Å². The van der Waals surface area contributed by atoms with Gasteiger partial charge in [-0.15, -0.1) is 0 Å². The summed E-state index contributed by atoms with van der Waals surface area (Å²) in [5, 5.41) is 1.44. The van der Waals surface area contributed by atoms with Crippen molar-refractivity contribution in [3.05, 3.63) is 41.5 Å². The summed E-state index contributed by atoms with van der Waals surface area (Å²) in [5.74, 6) is 1.47. The smallest absolute Gasteiger partial charge is 0.125 e. The predicted octanol–water partition coefficient (Wildman–Crippen LogP) is 8.04. The first-order chi connectivity index (χ1) is 15.2. The van der Waals surface area contributed by atoms with Gasteiger partial charge in [-0.25, -0.2) is 8.42 Å². The van der Waals surface area contributed by atoms with Crippen molar-refractivity contribution in [3.8, 4) is 0 Å². The number of rotatable bonds is 15. The quantitative estimate of drug-likeness (QED) is 0.200. The van der Waals surface area contributed by atoms with Crippen LogP contribution in [0.2, 0.25) is 0 Å². The molecule has 4 heteroatoms. The number of aryl methyl sites for hydroxylation is 1. The van der Waals surface area contributed by atoms with Crippen molar-refractivity contribution >= 4 is 20.9 Å². The lowest BCUT2D eigenvalue weighted by Gasteiger charge is -2.20. The molecule has 180 valence electrons. The summed E-state index contributed by atoms with van der Waals surface area (Å²) in [6, 6.07) is 9.56. The monoisotopic (exact) mass is 459 g/mol. The van der Waals surface area contributed by atoms with Crippen LogP contribution in [0.3, 0.4) is 0 Å². The van der Waals surface area contributed by atoms with Crippen LogP contribution in [-0.4, -0.2) is 13.0 Å². The molecule has 0 fully saturated rings. The molecule has 0 saturated carbocycles. The summed E-state index contributed by atoms with van der Waals surface area (Å²) >= 11 is 0. The molecule has 2 rings (SSSR count). The molecule has 3 nitrogen and oxygen atoms in total. The fourth-order valence-electron chi connectivity index (χ4n) is 4.63. The van der Waals surface area contributed by atoms with E-state index in [0.29, 0.717) is 11.8 Å². The average molecular weight is 460 g/mol. The van der Waals surface area contributed by atoms with Crippen LogP contribution in [0.25, 0.3) is 10.8 Å². The van der Waals surface area contributed by atoms with Crippen LogP contribution in [0.5, 0.6) is 0 Å². The highest BCUT2D eigenvalue weighted by Crippen LogP contribution is 2.32. The van der Waals surface area contributed by atoms with Gasteiger partial charge in [-0.1, -0.05) is 109 Å². The van der Waals surface area contributed by atoms with Gasteiger partial charge < -0.3 is 4.55 Å². The van der Waals surface area contributed by atoms with Crippen molar-refractivity contribution in [2.75, 3.05) is 0 Å². The van der Waals surface area contributed by atoms with Gasteiger partial charge >= 0.3 is 0 Å². The minimum atomic E-state index is -4.54. The Morgan fingerprint density at radius 3 is 1.84 bits per heavy atom. The Morgan fingerprint density at radius 2 is 1.28 bits per heavy atom. The van der Waals surface area contributed by atoms with Crippen LogP contribution < -0.4 is 0 Å². The molecular formula is C28H43O3S-. The maximum Gasteiger partial charge on any atom is 0.125 e. The molecule has 0 aliphatic carbocycles. The van der Waals surface area contributed by atoms with E-state index in [0.717, 1.165) is 66.9 Å². The highest BCUT2D eigenvalue weighted by Gasteiger charge is 2.18. The van der Waals surface area contributed by atoms with E-state index >= 15 is 0 Å². The lowest BCUT2D eigenvalue weighted by molar-refractivity contribution is 0.462. The molecule has 0 unspecified atom stereocenters. The number of benzene rings is 2.